The summed E-state index contributed by atoms with van der Waals surface area (Å²) in [6.07, 6.45) is -0.332. The molecule has 1 aliphatic heterocycles. The molecule has 4 amide bonds. The predicted octanol–water partition coefficient (Wildman–Crippen LogP) is 5.66. The Bertz CT molecular complexity index is 1610. The first kappa shape index (κ1) is 34.6. The average Bonchev–Trinajstić information content (AvgIpc) is 3.24. The normalized spacial score (nSPS) is 17.4. The Morgan fingerprint density at radius 3 is 2.23 bits per heavy atom. The first-order valence-corrected chi connectivity index (χ1v) is 15.3. The number of imide groups is 1. The molecule has 1 aliphatic rings. The molecule has 0 aromatic heterocycles. The Balaban J connectivity index is 1.77. The van der Waals surface area contributed by atoms with E-state index in [1.165, 1.54) is 19.1 Å². The summed E-state index contributed by atoms with van der Waals surface area (Å²) in [5.74, 6) is -1.72. The fraction of sp³-hybridized carbons (Fsp3) is 0.371. The van der Waals surface area contributed by atoms with Crippen molar-refractivity contribution in [1.82, 2.24) is 15.1 Å². The molecule has 47 heavy (non-hydrogen) atoms. The molecule has 0 saturated carbocycles. The molecule has 0 spiro atoms. The summed E-state index contributed by atoms with van der Waals surface area (Å²) in [5, 5.41) is 16.0. The third-order valence-corrected chi connectivity index (χ3v) is 8.39. The molecule has 0 bridgehead atoms. The van der Waals surface area contributed by atoms with Crippen LogP contribution >= 0.6 is 0 Å². The second-order valence-corrected chi connectivity index (χ2v) is 12.0. The molecule has 12 heteroatoms. The molecule has 1 saturated heterocycles. The van der Waals surface area contributed by atoms with Gasteiger partial charge in [-0.3, -0.25) is 14.4 Å². The van der Waals surface area contributed by atoms with E-state index in [-0.39, 0.29) is 25.4 Å². The average molecular weight is 644 g/mol. The van der Waals surface area contributed by atoms with Crippen LogP contribution in [0.25, 0.3) is 0 Å². The first-order valence-electron chi connectivity index (χ1n) is 15.3. The van der Waals surface area contributed by atoms with Crippen molar-refractivity contribution in [2.45, 2.75) is 64.3 Å². The number of amides is 4. The van der Waals surface area contributed by atoms with Crippen LogP contribution in [0.1, 0.15) is 61.9 Å². The summed E-state index contributed by atoms with van der Waals surface area (Å²) in [7, 11) is 2.92. The van der Waals surface area contributed by atoms with E-state index in [4.69, 9.17) is 15.0 Å². The number of carbonyl (C=O) groups excluding carboxylic acids is 3. The molecule has 3 N–H and O–H groups in total. The third-order valence-electron chi connectivity index (χ3n) is 8.39. The highest BCUT2D eigenvalue weighted by atomic mass is 16.5. The quantitative estimate of drug-likeness (QED) is 0.142. The van der Waals surface area contributed by atoms with Crippen LogP contribution in [0, 0.1) is 11.4 Å². The number of methoxy groups -OCH3 is 2. The Morgan fingerprint density at radius 1 is 0.979 bits per heavy atom. The Hall–Kier alpha value is -5.26. The topological polar surface area (TPSA) is 162 Å². The van der Waals surface area contributed by atoms with Crippen molar-refractivity contribution in [3.63, 3.8) is 0 Å². The number of carboxylic acid groups (broad SMARTS) is 1. The van der Waals surface area contributed by atoms with Crippen LogP contribution in [0.15, 0.2) is 77.9 Å². The lowest BCUT2D eigenvalue weighted by molar-refractivity contribution is -0.141. The van der Waals surface area contributed by atoms with E-state index < -0.39 is 47.9 Å². The SMILES string of the molecule is COc1ccc([C@@H](CC(=O)O)NC(=O)[C@@H](CC(C)C)N2C(=O)N(Cc3ccccc3)[C@@](C)(c3ccc(CN=N)cc3)C2=O)c(OC)c1. The van der Waals surface area contributed by atoms with Gasteiger partial charge in [-0.15, -0.1) is 0 Å². The second kappa shape index (κ2) is 14.9. The number of aliphatic carboxylic acids is 1. The number of carboxylic acids is 1. The van der Waals surface area contributed by atoms with E-state index in [9.17, 15) is 24.3 Å². The van der Waals surface area contributed by atoms with Crippen LogP contribution in [-0.4, -0.2) is 59.0 Å². The fourth-order valence-corrected chi connectivity index (χ4v) is 5.89. The second-order valence-electron chi connectivity index (χ2n) is 12.0. The largest absolute Gasteiger partial charge is 0.497 e. The molecule has 3 atom stereocenters. The van der Waals surface area contributed by atoms with Crippen LogP contribution in [0.3, 0.4) is 0 Å². The van der Waals surface area contributed by atoms with Crippen LogP contribution < -0.4 is 14.8 Å². The molecule has 4 rings (SSSR count). The summed E-state index contributed by atoms with van der Waals surface area (Å²) < 4.78 is 10.8. The Morgan fingerprint density at radius 2 is 1.66 bits per heavy atom. The minimum absolute atomic E-state index is 0.100. The van der Waals surface area contributed by atoms with Gasteiger partial charge < -0.3 is 24.8 Å². The van der Waals surface area contributed by atoms with Gasteiger partial charge in [-0.1, -0.05) is 68.4 Å². The van der Waals surface area contributed by atoms with Gasteiger partial charge in [0.1, 0.15) is 23.1 Å². The maximum absolute atomic E-state index is 14.6. The number of hydrogen-bond donors (Lipinski definition) is 3. The standard InChI is InChI=1S/C35H41N5O7/c1-22(2)17-29(32(43)38-28(19-31(41)42)27-16-15-26(46-4)18-30(27)47-5)40-33(44)35(3,25-13-11-23(12-14-25)20-37-36)39(34(40)45)21-24-9-7-6-8-10-24/h6-16,18,22,28-29,36H,17,19-21H2,1-5H3,(H,38,43)(H,41,42)/t28-,29-,35+/m1/s1. The molecular formula is C35H41N5O7. The molecule has 1 heterocycles. The Labute approximate surface area is 274 Å². The van der Waals surface area contributed by atoms with E-state index in [0.29, 0.717) is 22.6 Å². The monoisotopic (exact) mass is 643 g/mol. The number of nitrogens with zero attached hydrogens (tertiary/aromatic N) is 3. The first-order chi connectivity index (χ1) is 22.4. The summed E-state index contributed by atoms with van der Waals surface area (Å²) in [6.45, 7) is 5.70. The lowest BCUT2D eigenvalue weighted by Gasteiger charge is -2.32. The van der Waals surface area contributed by atoms with Gasteiger partial charge in [0, 0.05) is 18.2 Å². The van der Waals surface area contributed by atoms with Crippen molar-refractivity contribution < 1.29 is 33.8 Å². The lowest BCUT2D eigenvalue weighted by atomic mass is 9.88. The van der Waals surface area contributed by atoms with Gasteiger partial charge in [0.2, 0.25) is 5.91 Å². The summed E-state index contributed by atoms with van der Waals surface area (Å²) in [5.41, 5.74) is 8.23. The number of nitrogens with one attached hydrogen (secondary N) is 2. The molecule has 1 fully saturated rings. The smallest absolute Gasteiger partial charge is 0.329 e. The number of ether oxygens (including phenoxy) is 2. The van der Waals surface area contributed by atoms with Crippen LogP contribution in [0.5, 0.6) is 11.5 Å². The number of urea groups is 1. The Kier molecular flexibility index (Phi) is 11.0. The predicted molar refractivity (Wildman–Crippen MR) is 173 cm³/mol. The zero-order chi connectivity index (χ0) is 34.3. The van der Waals surface area contributed by atoms with Crippen molar-refractivity contribution in [2.24, 2.45) is 11.0 Å². The molecule has 0 aliphatic carbocycles. The number of rotatable bonds is 15. The molecule has 0 unspecified atom stereocenters. The number of carbonyl (C=O) groups is 4. The maximum Gasteiger partial charge on any atom is 0.329 e. The van der Waals surface area contributed by atoms with Crippen LogP contribution in [0.4, 0.5) is 4.79 Å². The zero-order valence-electron chi connectivity index (χ0n) is 27.2. The van der Waals surface area contributed by atoms with Crippen LogP contribution in [0.2, 0.25) is 0 Å². The highest BCUT2D eigenvalue weighted by Crippen LogP contribution is 2.41. The summed E-state index contributed by atoms with van der Waals surface area (Å²) in [6, 6.07) is 18.2. The van der Waals surface area contributed by atoms with E-state index in [1.54, 1.807) is 49.4 Å². The molecule has 248 valence electrons. The molecule has 3 aromatic rings. The minimum Gasteiger partial charge on any atom is -0.497 e. The number of benzene rings is 3. The zero-order valence-corrected chi connectivity index (χ0v) is 27.2. The van der Waals surface area contributed by atoms with Crippen molar-refractivity contribution in [1.29, 1.82) is 5.53 Å². The molecule has 3 aromatic carbocycles. The van der Waals surface area contributed by atoms with E-state index in [1.807, 2.05) is 44.2 Å². The molecular weight excluding hydrogens is 602 g/mol. The van der Waals surface area contributed by atoms with Crippen molar-refractivity contribution >= 4 is 23.8 Å². The molecule has 12 nitrogen and oxygen atoms in total. The van der Waals surface area contributed by atoms with Crippen molar-refractivity contribution in [3.8, 4) is 11.5 Å². The highest BCUT2D eigenvalue weighted by molar-refractivity contribution is 6.10. The molecule has 0 radical (unpaired) electrons. The fourth-order valence-electron chi connectivity index (χ4n) is 5.89. The number of hydrogen-bond acceptors (Lipinski definition) is 8. The van der Waals surface area contributed by atoms with Gasteiger partial charge in [-0.25, -0.2) is 15.2 Å². The minimum atomic E-state index is -1.47. The van der Waals surface area contributed by atoms with Crippen LogP contribution in [-0.2, 0) is 33.0 Å². The van der Waals surface area contributed by atoms with Gasteiger partial charge in [-0.05, 0) is 48.1 Å². The third kappa shape index (κ3) is 7.43. The van der Waals surface area contributed by atoms with Gasteiger partial charge in [0.05, 0.1) is 33.2 Å². The van der Waals surface area contributed by atoms with Gasteiger partial charge in [0.15, 0.2) is 0 Å². The van der Waals surface area contributed by atoms with E-state index >= 15 is 0 Å². The van der Waals surface area contributed by atoms with E-state index in [2.05, 4.69) is 10.4 Å². The van der Waals surface area contributed by atoms with Crippen molar-refractivity contribution in [3.05, 3.63) is 95.1 Å². The summed E-state index contributed by atoms with van der Waals surface area (Å²) in [4.78, 5) is 57.6. The van der Waals surface area contributed by atoms with E-state index in [0.717, 1.165) is 16.0 Å². The summed E-state index contributed by atoms with van der Waals surface area (Å²) >= 11 is 0. The van der Waals surface area contributed by atoms with Gasteiger partial charge in [0.25, 0.3) is 5.91 Å². The van der Waals surface area contributed by atoms with Gasteiger partial charge >= 0.3 is 12.0 Å². The maximum atomic E-state index is 14.6. The van der Waals surface area contributed by atoms with Crippen molar-refractivity contribution in [2.75, 3.05) is 14.2 Å². The lowest BCUT2D eigenvalue weighted by Crippen LogP contribution is -2.52. The van der Waals surface area contributed by atoms with Gasteiger partial charge in [-0.2, -0.15) is 5.11 Å². The highest BCUT2D eigenvalue weighted by Gasteiger charge is 2.58.